The highest BCUT2D eigenvalue weighted by atomic mass is 32.2. The first kappa shape index (κ1) is 23.7. The third-order valence-electron chi connectivity index (χ3n) is 5.93. The van der Waals surface area contributed by atoms with Gasteiger partial charge in [0.05, 0.1) is 12.0 Å². The second-order valence-electron chi connectivity index (χ2n) is 8.34. The number of aromatic nitrogens is 5. The molecule has 4 aromatic rings. The quantitative estimate of drug-likeness (QED) is 0.403. The Labute approximate surface area is 209 Å². The number of rotatable bonds is 7. The molecule has 1 aliphatic heterocycles. The van der Waals surface area contributed by atoms with Crippen LogP contribution in [0.25, 0.3) is 5.82 Å². The molecule has 0 radical (unpaired) electrons. The van der Waals surface area contributed by atoms with Crippen molar-refractivity contribution in [1.82, 2.24) is 29.0 Å². The van der Waals surface area contributed by atoms with Crippen LogP contribution in [-0.4, -0.2) is 70.7 Å². The number of methoxy groups -OCH3 is 1. The molecule has 1 fully saturated rings. The Morgan fingerprint density at radius 2 is 1.56 bits per heavy atom. The summed E-state index contributed by atoms with van der Waals surface area (Å²) >= 11 is 0. The lowest BCUT2D eigenvalue weighted by molar-refractivity contribution is 0.382. The summed E-state index contributed by atoms with van der Waals surface area (Å²) < 4.78 is 34.6. The molecule has 0 atom stereocenters. The lowest BCUT2D eigenvalue weighted by atomic mass is 10.2. The summed E-state index contributed by atoms with van der Waals surface area (Å²) in [4.78, 5) is 11.6. The fourth-order valence-corrected chi connectivity index (χ4v) is 5.31. The third-order valence-corrected chi connectivity index (χ3v) is 7.84. The van der Waals surface area contributed by atoms with Crippen LogP contribution in [0.2, 0.25) is 0 Å². The third kappa shape index (κ3) is 4.99. The Hall–Kier alpha value is -4.03. The van der Waals surface area contributed by atoms with Gasteiger partial charge in [-0.3, -0.25) is 4.57 Å². The van der Waals surface area contributed by atoms with Crippen molar-refractivity contribution in [2.24, 2.45) is 0 Å². The zero-order valence-corrected chi connectivity index (χ0v) is 20.8. The van der Waals surface area contributed by atoms with Gasteiger partial charge in [0.25, 0.3) is 0 Å². The predicted molar refractivity (Wildman–Crippen MR) is 135 cm³/mol. The van der Waals surface area contributed by atoms with Crippen LogP contribution in [0, 0.1) is 6.92 Å². The maximum absolute atomic E-state index is 13.1. The molecule has 186 valence electrons. The number of nitrogens with one attached hydrogen (secondary N) is 1. The first-order chi connectivity index (χ1) is 17.4. The molecule has 11 nitrogen and oxygen atoms in total. The Bertz CT molecular complexity index is 1420. The minimum absolute atomic E-state index is 0.243. The van der Waals surface area contributed by atoms with Gasteiger partial charge in [0.15, 0.2) is 0 Å². The largest absolute Gasteiger partial charge is 0.497 e. The van der Waals surface area contributed by atoms with Crippen LogP contribution < -0.4 is 15.0 Å². The highest BCUT2D eigenvalue weighted by Crippen LogP contribution is 2.24. The SMILES string of the molecule is COc1ccc(S(=O)(=O)N2CCN(c3nc(Nc4ccc(C)cc4)cc(-n4cnnc4)n3)CC2)cc1. The average molecular weight is 507 g/mol. The molecular formula is C24H26N8O3S. The summed E-state index contributed by atoms with van der Waals surface area (Å²) in [6, 6.07) is 16.3. The van der Waals surface area contributed by atoms with Crippen LogP contribution in [-0.2, 0) is 10.0 Å². The second kappa shape index (κ2) is 9.91. The van der Waals surface area contributed by atoms with Crippen molar-refractivity contribution in [1.29, 1.82) is 0 Å². The van der Waals surface area contributed by atoms with Crippen molar-refractivity contribution in [2.75, 3.05) is 43.5 Å². The maximum atomic E-state index is 13.1. The number of ether oxygens (including phenoxy) is 1. The predicted octanol–water partition coefficient (Wildman–Crippen LogP) is 2.63. The van der Waals surface area contributed by atoms with Gasteiger partial charge in [-0.15, -0.1) is 10.2 Å². The van der Waals surface area contributed by atoms with E-state index in [4.69, 9.17) is 14.7 Å². The van der Waals surface area contributed by atoms with Gasteiger partial charge in [-0.05, 0) is 43.3 Å². The molecule has 0 unspecified atom stereocenters. The molecule has 2 aromatic carbocycles. The molecule has 0 amide bonds. The monoisotopic (exact) mass is 506 g/mol. The second-order valence-corrected chi connectivity index (χ2v) is 10.3. The minimum Gasteiger partial charge on any atom is -0.497 e. The summed E-state index contributed by atoms with van der Waals surface area (Å²) in [5.74, 6) is 2.32. The number of hydrogen-bond donors (Lipinski definition) is 1. The Morgan fingerprint density at radius 1 is 0.889 bits per heavy atom. The highest BCUT2D eigenvalue weighted by Gasteiger charge is 2.29. The smallest absolute Gasteiger partial charge is 0.243 e. The van der Waals surface area contributed by atoms with Crippen molar-refractivity contribution < 1.29 is 13.2 Å². The van der Waals surface area contributed by atoms with Crippen molar-refractivity contribution >= 4 is 27.5 Å². The molecule has 36 heavy (non-hydrogen) atoms. The Balaban J connectivity index is 1.36. The molecule has 3 heterocycles. The van der Waals surface area contributed by atoms with E-state index in [1.54, 1.807) is 48.6 Å². The van der Waals surface area contributed by atoms with Gasteiger partial charge in [0, 0.05) is 37.9 Å². The number of nitrogens with zero attached hydrogens (tertiary/aromatic N) is 7. The van der Waals surface area contributed by atoms with Gasteiger partial charge in [0.2, 0.25) is 16.0 Å². The van der Waals surface area contributed by atoms with E-state index in [9.17, 15) is 8.42 Å². The van der Waals surface area contributed by atoms with Gasteiger partial charge in [-0.2, -0.15) is 14.3 Å². The van der Waals surface area contributed by atoms with E-state index in [2.05, 4.69) is 15.5 Å². The van der Waals surface area contributed by atoms with E-state index in [1.165, 1.54) is 4.31 Å². The van der Waals surface area contributed by atoms with Crippen LogP contribution in [0.15, 0.2) is 72.1 Å². The average Bonchev–Trinajstić information content (AvgIpc) is 3.45. The number of aryl methyl sites for hydroxylation is 1. The van der Waals surface area contributed by atoms with E-state index >= 15 is 0 Å². The standard InChI is InChI=1S/C24H26N8O3S/c1-18-3-5-19(6-4-18)27-22-15-23(31-16-25-26-17-31)29-24(28-22)30-11-13-32(14-12-30)36(33,34)21-9-7-20(35-2)8-10-21/h3-10,15-17H,11-14H2,1-2H3,(H,27,28,29). The van der Waals surface area contributed by atoms with Crippen LogP contribution in [0.5, 0.6) is 5.75 Å². The van der Waals surface area contributed by atoms with Crippen molar-refractivity contribution in [2.45, 2.75) is 11.8 Å². The van der Waals surface area contributed by atoms with E-state index in [1.807, 2.05) is 42.2 Å². The molecule has 0 saturated carbocycles. The number of hydrogen-bond acceptors (Lipinski definition) is 9. The van der Waals surface area contributed by atoms with Gasteiger partial charge < -0.3 is 15.0 Å². The van der Waals surface area contributed by atoms with Crippen molar-refractivity contribution in [3.63, 3.8) is 0 Å². The number of piperazine rings is 1. The molecule has 0 aliphatic carbocycles. The zero-order chi connectivity index (χ0) is 25.1. The first-order valence-corrected chi connectivity index (χ1v) is 12.8. The molecule has 2 aromatic heterocycles. The fourth-order valence-electron chi connectivity index (χ4n) is 3.89. The van der Waals surface area contributed by atoms with Crippen LogP contribution in [0.3, 0.4) is 0 Å². The summed E-state index contributed by atoms with van der Waals surface area (Å²) in [6.45, 7) is 3.56. The van der Waals surface area contributed by atoms with Crippen LogP contribution in [0.1, 0.15) is 5.56 Å². The molecule has 1 N–H and O–H groups in total. The van der Waals surface area contributed by atoms with Gasteiger partial charge in [-0.1, -0.05) is 17.7 Å². The molecule has 12 heteroatoms. The normalized spacial score (nSPS) is 14.6. The van der Waals surface area contributed by atoms with E-state index in [0.717, 1.165) is 11.3 Å². The summed E-state index contributed by atoms with van der Waals surface area (Å²) in [6.07, 6.45) is 3.14. The highest BCUT2D eigenvalue weighted by molar-refractivity contribution is 7.89. The number of sulfonamides is 1. The number of benzene rings is 2. The lowest BCUT2D eigenvalue weighted by Gasteiger charge is -2.34. The lowest BCUT2D eigenvalue weighted by Crippen LogP contribution is -2.49. The van der Waals surface area contributed by atoms with Gasteiger partial charge in [-0.25, -0.2) is 8.42 Å². The Kier molecular flexibility index (Phi) is 6.53. The Morgan fingerprint density at radius 3 is 2.19 bits per heavy atom. The summed E-state index contributed by atoms with van der Waals surface area (Å²) in [7, 11) is -2.06. The van der Waals surface area contributed by atoms with Crippen molar-refractivity contribution in [3.8, 4) is 11.6 Å². The summed E-state index contributed by atoms with van der Waals surface area (Å²) in [5.41, 5.74) is 2.06. The van der Waals surface area contributed by atoms with E-state index in [0.29, 0.717) is 49.5 Å². The molecule has 0 spiro atoms. The fraction of sp³-hybridized carbons (Fsp3) is 0.250. The topological polar surface area (TPSA) is 118 Å². The van der Waals surface area contributed by atoms with Crippen LogP contribution >= 0.6 is 0 Å². The first-order valence-electron chi connectivity index (χ1n) is 11.4. The van der Waals surface area contributed by atoms with E-state index in [-0.39, 0.29) is 4.90 Å². The molecule has 5 rings (SSSR count). The van der Waals surface area contributed by atoms with Crippen molar-refractivity contribution in [3.05, 3.63) is 72.8 Å². The van der Waals surface area contributed by atoms with Gasteiger partial charge >= 0.3 is 0 Å². The maximum Gasteiger partial charge on any atom is 0.243 e. The molecule has 0 bridgehead atoms. The zero-order valence-electron chi connectivity index (χ0n) is 19.9. The van der Waals surface area contributed by atoms with E-state index < -0.39 is 10.0 Å². The number of anilines is 3. The molecule has 1 saturated heterocycles. The van der Waals surface area contributed by atoms with Crippen LogP contribution in [0.4, 0.5) is 17.5 Å². The summed E-state index contributed by atoms with van der Waals surface area (Å²) in [5, 5.41) is 11.1. The minimum atomic E-state index is -3.61. The molecule has 1 aliphatic rings. The van der Waals surface area contributed by atoms with Gasteiger partial charge in [0.1, 0.15) is 30.0 Å². The molecular weight excluding hydrogens is 480 g/mol.